The van der Waals surface area contributed by atoms with Crippen molar-refractivity contribution in [1.82, 2.24) is 0 Å². The fourth-order valence-corrected chi connectivity index (χ4v) is 1.73. The SMILES string of the molecule is COC1Cc2ccc(O)cc2C1. The third kappa shape index (κ3) is 1.18. The van der Waals surface area contributed by atoms with Crippen LogP contribution in [0.15, 0.2) is 18.2 Å². The van der Waals surface area contributed by atoms with Crippen LogP contribution in [0.3, 0.4) is 0 Å². The predicted octanol–water partition coefficient (Wildman–Crippen LogP) is 1.51. The summed E-state index contributed by atoms with van der Waals surface area (Å²) in [7, 11) is 1.73. The molecule has 2 heteroatoms. The van der Waals surface area contributed by atoms with Crippen LogP contribution in [0.25, 0.3) is 0 Å². The van der Waals surface area contributed by atoms with Crippen LogP contribution < -0.4 is 0 Å². The van der Waals surface area contributed by atoms with E-state index in [0.29, 0.717) is 11.9 Å². The zero-order chi connectivity index (χ0) is 8.55. The maximum Gasteiger partial charge on any atom is 0.115 e. The molecule has 0 radical (unpaired) electrons. The van der Waals surface area contributed by atoms with Gasteiger partial charge in [0.15, 0.2) is 0 Å². The molecule has 0 aromatic heterocycles. The molecule has 0 heterocycles. The highest BCUT2D eigenvalue weighted by Gasteiger charge is 2.20. The lowest BCUT2D eigenvalue weighted by Crippen LogP contribution is -2.08. The molecular weight excluding hydrogens is 152 g/mol. The molecule has 0 saturated heterocycles. The third-order valence-electron chi connectivity index (χ3n) is 2.42. The first kappa shape index (κ1) is 7.62. The molecule has 1 aromatic rings. The Kier molecular flexibility index (Phi) is 1.77. The van der Waals surface area contributed by atoms with Crippen LogP contribution in [0.4, 0.5) is 0 Å². The molecule has 0 spiro atoms. The smallest absolute Gasteiger partial charge is 0.115 e. The Morgan fingerprint density at radius 1 is 1.33 bits per heavy atom. The van der Waals surface area contributed by atoms with Crippen molar-refractivity contribution >= 4 is 0 Å². The molecule has 0 amide bonds. The minimum Gasteiger partial charge on any atom is -0.508 e. The van der Waals surface area contributed by atoms with Crippen LogP contribution in [-0.2, 0) is 17.6 Å². The molecule has 0 fully saturated rings. The van der Waals surface area contributed by atoms with Crippen molar-refractivity contribution in [2.75, 3.05) is 7.11 Å². The van der Waals surface area contributed by atoms with Crippen molar-refractivity contribution in [3.05, 3.63) is 29.3 Å². The summed E-state index contributed by atoms with van der Waals surface area (Å²) in [5.74, 6) is 0.352. The van der Waals surface area contributed by atoms with Crippen LogP contribution in [0.5, 0.6) is 5.75 Å². The van der Waals surface area contributed by atoms with E-state index in [-0.39, 0.29) is 0 Å². The van der Waals surface area contributed by atoms with Crippen LogP contribution in [0.2, 0.25) is 0 Å². The molecule has 2 rings (SSSR count). The van der Waals surface area contributed by atoms with Crippen molar-refractivity contribution in [1.29, 1.82) is 0 Å². The maximum atomic E-state index is 9.21. The Bertz CT molecular complexity index is 294. The number of hydrogen-bond donors (Lipinski definition) is 1. The summed E-state index contributed by atoms with van der Waals surface area (Å²) < 4.78 is 5.25. The highest BCUT2D eigenvalue weighted by molar-refractivity contribution is 5.38. The lowest BCUT2D eigenvalue weighted by Gasteiger charge is -2.03. The van der Waals surface area contributed by atoms with Crippen molar-refractivity contribution in [2.45, 2.75) is 18.9 Å². The summed E-state index contributed by atoms with van der Waals surface area (Å²) >= 11 is 0. The van der Waals surface area contributed by atoms with Gasteiger partial charge in [-0.1, -0.05) is 6.07 Å². The first-order valence-electron chi connectivity index (χ1n) is 4.13. The van der Waals surface area contributed by atoms with Gasteiger partial charge in [-0.2, -0.15) is 0 Å². The number of benzene rings is 1. The number of rotatable bonds is 1. The molecule has 0 bridgehead atoms. The monoisotopic (exact) mass is 164 g/mol. The van der Waals surface area contributed by atoms with E-state index in [2.05, 4.69) is 0 Å². The average molecular weight is 164 g/mol. The van der Waals surface area contributed by atoms with Crippen molar-refractivity contribution in [3.8, 4) is 5.75 Å². The number of aromatic hydroxyl groups is 1. The third-order valence-corrected chi connectivity index (χ3v) is 2.42. The highest BCUT2D eigenvalue weighted by atomic mass is 16.5. The normalized spacial score (nSPS) is 20.9. The van der Waals surface area contributed by atoms with E-state index >= 15 is 0 Å². The number of methoxy groups -OCH3 is 1. The van der Waals surface area contributed by atoms with E-state index in [4.69, 9.17) is 4.74 Å². The van der Waals surface area contributed by atoms with Gasteiger partial charge < -0.3 is 9.84 Å². The second-order valence-corrected chi connectivity index (χ2v) is 3.22. The number of ether oxygens (including phenoxy) is 1. The lowest BCUT2D eigenvalue weighted by molar-refractivity contribution is 0.112. The fourth-order valence-electron chi connectivity index (χ4n) is 1.73. The Labute approximate surface area is 71.8 Å². The molecule has 1 atom stereocenters. The molecule has 1 aromatic carbocycles. The summed E-state index contributed by atoms with van der Waals surface area (Å²) in [5, 5.41) is 9.21. The standard InChI is InChI=1S/C10H12O2/c1-12-10-5-7-2-3-9(11)4-8(7)6-10/h2-4,10-11H,5-6H2,1H3. The zero-order valence-electron chi connectivity index (χ0n) is 7.08. The molecule has 2 nitrogen and oxygen atoms in total. The quantitative estimate of drug-likeness (QED) is 0.681. The molecule has 0 aliphatic heterocycles. The van der Waals surface area contributed by atoms with Crippen molar-refractivity contribution < 1.29 is 9.84 Å². The van der Waals surface area contributed by atoms with E-state index in [0.717, 1.165) is 12.8 Å². The molecule has 1 aliphatic rings. The zero-order valence-corrected chi connectivity index (χ0v) is 7.08. The Balaban J connectivity index is 2.30. The summed E-state index contributed by atoms with van der Waals surface area (Å²) in [6.07, 6.45) is 2.22. The minimum atomic E-state index is 0.307. The Hall–Kier alpha value is -1.02. The van der Waals surface area contributed by atoms with Crippen LogP contribution in [-0.4, -0.2) is 18.3 Å². The van der Waals surface area contributed by atoms with Crippen LogP contribution in [0.1, 0.15) is 11.1 Å². The lowest BCUT2D eigenvalue weighted by atomic mass is 10.1. The second-order valence-electron chi connectivity index (χ2n) is 3.22. The molecule has 1 unspecified atom stereocenters. The van der Waals surface area contributed by atoms with E-state index in [1.807, 2.05) is 12.1 Å². The first-order valence-corrected chi connectivity index (χ1v) is 4.13. The van der Waals surface area contributed by atoms with Crippen molar-refractivity contribution in [3.63, 3.8) is 0 Å². The van der Waals surface area contributed by atoms with Crippen LogP contribution >= 0.6 is 0 Å². The van der Waals surface area contributed by atoms with E-state index in [9.17, 15) is 5.11 Å². The summed E-state index contributed by atoms with van der Waals surface area (Å²) in [6, 6.07) is 5.54. The van der Waals surface area contributed by atoms with Gasteiger partial charge in [-0.25, -0.2) is 0 Å². The number of phenols is 1. The van der Waals surface area contributed by atoms with Gasteiger partial charge in [0, 0.05) is 7.11 Å². The van der Waals surface area contributed by atoms with Crippen LogP contribution in [0, 0.1) is 0 Å². The van der Waals surface area contributed by atoms with E-state index in [1.54, 1.807) is 13.2 Å². The van der Waals surface area contributed by atoms with E-state index in [1.165, 1.54) is 11.1 Å². The predicted molar refractivity (Wildman–Crippen MR) is 46.3 cm³/mol. The van der Waals surface area contributed by atoms with Gasteiger partial charge in [-0.05, 0) is 36.1 Å². The summed E-state index contributed by atoms with van der Waals surface area (Å²) in [4.78, 5) is 0. The second kappa shape index (κ2) is 2.79. The van der Waals surface area contributed by atoms with E-state index < -0.39 is 0 Å². The van der Waals surface area contributed by atoms with Gasteiger partial charge in [-0.15, -0.1) is 0 Å². The molecule has 12 heavy (non-hydrogen) atoms. The topological polar surface area (TPSA) is 29.5 Å². The summed E-state index contributed by atoms with van der Waals surface area (Å²) in [6.45, 7) is 0. The first-order chi connectivity index (χ1) is 5.79. The Morgan fingerprint density at radius 3 is 2.83 bits per heavy atom. The van der Waals surface area contributed by atoms with Gasteiger partial charge >= 0.3 is 0 Å². The molecule has 64 valence electrons. The number of hydrogen-bond acceptors (Lipinski definition) is 2. The largest absolute Gasteiger partial charge is 0.508 e. The molecule has 1 N–H and O–H groups in total. The van der Waals surface area contributed by atoms with Gasteiger partial charge in [0.1, 0.15) is 5.75 Å². The molecular formula is C10H12O2. The molecule has 1 aliphatic carbocycles. The average Bonchev–Trinajstić information content (AvgIpc) is 2.46. The van der Waals surface area contributed by atoms with Gasteiger partial charge in [0.2, 0.25) is 0 Å². The minimum absolute atomic E-state index is 0.307. The fraction of sp³-hybridized carbons (Fsp3) is 0.400. The van der Waals surface area contributed by atoms with Crippen molar-refractivity contribution in [2.24, 2.45) is 0 Å². The number of fused-ring (bicyclic) bond motifs is 1. The van der Waals surface area contributed by atoms with Gasteiger partial charge in [-0.3, -0.25) is 0 Å². The highest BCUT2D eigenvalue weighted by Crippen LogP contribution is 2.26. The number of phenolic OH excluding ortho intramolecular Hbond substituents is 1. The van der Waals surface area contributed by atoms with Gasteiger partial charge in [0.25, 0.3) is 0 Å². The maximum absolute atomic E-state index is 9.21. The Morgan fingerprint density at radius 2 is 2.08 bits per heavy atom. The van der Waals surface area contributed by atoms with Gasteiger partial charge in [0.05, 0.1) is 6.10 Å². The summed E-state index contributed by atoms with van der Waals surface area (Å²) in [5.41, 5.74) is 2.53. The molecule has 0 saturated carbocycles.